The van der Waals surface area contributed by atoms with Crippen LogP contribution in [0.2, 0.25) is 0 Å². The highest BCUT2D eigenvalue weighted by atomic mass is 16.5. The highest BCUT2D eigenvalue weighted by molar-refractivity contribution is 5.97. The van der Waals surface area contributed by atoms with Crippen molar-refractivity contribution >= 4 is 11.8 Å². The topological polar surface area (TPSA) is 63.6 Å². The summed E-state index contributed by atoms with van der Waals surface area (Å²) in [5.74, 6) is 1.13. The number of unbranched alkanes of at least 4 members (excludes halogenated alkanes) is 1. The van der Waals surface area contributed by atoms with Crippen molar-refractivity contribution in [3.05, 3.63) is 48.0 Å². The minimum Gasteiger partial charge on any atom is -0.507 e. The molecule has 166 valence electrons. The number of hydrogen-bond acceptors (Lipinski definition) is 4. The van der Waals surface area contributed by atoms with Crippen molar-refractivity contribution < 1.29 is 19.4 Å². The van der Waals surface area contributed by atoms with Gasteiger partial charge in [0, 0.05) is 24.0 Å². The third-order valence-corrected chi connectivity index (χ3v) is 6.17. The van der Waals surface area contributed by atoms with Gasteiger partial charge in [-0.25, -0.2) is 0 Å². The summed E-state index contributed by atoms with van der Waals surface area (Å²) in [5, 5.41) is 10.4. The molecule has 0 radical (unpaired) electrons. The second-order valence-corrected chi connectivity index (χ2v) is 8.66. The standard InChI is InChI=1S/C27H34O4/c1-2-3-14-25(28)22-13-8-12-21(18-22)24-19-23(16-17-26(24)29)31-27(30)15-7-11-20-9-5-4-6-10-20/h8,12-13,16-20,29H,2-7,9-11,14-15H2,1H3. The van der Waals surface area contributed by atoms with Gasteiger partial charge in [0.05, 0.1) is 0 Å². The van der Waals surface area contributed by atoms with Gasteiger partial charge >= 0.3 is 5.97 Å². The zero-order valence-electron chi connectivity index (χ0n) is 18.6. The molecule has 31 heavy (non-hydrogen) atoms. The highest BCUT2D eigenvalue weighted by Crippen LogP contribution is 2.34. The van der Waals surface area contributed by atoms with E-state index in [0.29, 0.717) is 29.7 Å². The number of ketones is 1. The third-order valence-electron chi connectivity index (χ3n) is 6.17. The molecule has 2 aromatic carbocycles. The van der Waals surface area contributed by atoms with Crippen LogP contribution in [0.5, 0.6) is 11.5 Å². The molecule has 1 fully saturated rings. The van der Waals surface area contributed by atoms with Gasteiger partial charge in [0.15, 0.2) is 5.78 Å². The summed E-state index contributed by atoms with van der Waals surface area (Å²) >= 11 is 0. The van der Waals surface area contributed by atoms with Crippen molar-refractivity contribution in [3.8, 4) is 22.6 Å². The highest BCUT2D eigenvalue weighted by Gasteiger charge is 2.15. The minimum atomic E-state index is -0.240. The Hall–Kier alpha value is -2.62. The second-order valence-electron chi connectivity index (χ2n) is 8.66. The maximum absolute atomic E-state index is 12.4. The van der Waals surface area contributed by atoms with Crippen LogP contribution in [0.4, 0.5) is 0 Å². The van der Waals surface area contributed by atoms with E-state index in [0.717, 1.165) is 37.2 Å². The molecule has 1 aliphatic rings. The van der Waals surface area contributed by atoms with Gasteiger partial charge in [0.25, 0.3) is 0 Å². The van der Waals surface area contributed by atoms with Gasteiger partial charge in [-0.3, -0.25) is 9.59 Å². The molecule has 3 rings (SSSR count). The lowest BCUT2D eigenvalue weighted by atomic mass is 9.86. The molecule has 0 aromatic heterocycles. The maximum atomic E-state index is 12.4. The van der Waals surface area contributed by atoms with Crippen molar-refractivity contribution in [1.82, 2.24) is 0 Å². The van der Waals surface area contributed by atoms with Crippen LogP contribution >= 0.6 is 0 Å². The van der Waals surface area contributed by atoms with E-state index in [1.807, 2.05) is 12.1 Å². The smallest absolute Gasteiger partial charge is 0.311 e. The quantitative estimate of drug-likeness (QED) is 0.252. The number of esters is 1. The largest absolute Gasteiger partial charge is 0.507 e. The maximum Gasteiger partial charge on any atom is 0.311 e. The minimum absolute atomic E-state index is 0.0928. The van der Waals surface area contributed by atoms with Gasteiger partial charge in [-0.1, -0.05) is 63.6 Å². The van der Waals surface area contributed by atoms with Gasteiger partial charge in [-0.15, -0.1) is 0 Å². The molecular weight excluding hydrogens is 388 g/mol. The predicted octanol–water partition coefficient (Wildman–Crippen LogP) is 7.09. The summed E-state index contributed by atoms with van der Waals surface area (Å²) < 4.78 is 5.53. The zero-order chi connectivity index (χ0) is 22.1. The Balaban J connectivity index is 1.62. The molecule has 1 saturated carbocycles. The van der Waals surface area contributed by atoms with E-state index >= 15 is 0 Å². The number of Topliss-reactive ketones (excluding diaryl/α,β-unsaturated/α-hetero) is 1. The number of rotatable bonds is 10. The average Bonchev–Trinajstić information content (AvgIpc) is 2.79. The van der Waals surface area contributed by atoms with E-state index in [1.165, 1.54) is 38.2 Å². The van der Waals surface area contributed by atoms with Crippen molar-refractivity contribution in [2.24, 2.45) is 5.92 Å². The van der Waals surface area contributed by atoms with E-state index in [1.54, 1.807) is 24.3 Å². The SMILES string of the molecule is CCCCC(=O)c1cccc(-c2cc(OC(=O)CCCC3CCCCC3)ccc2O)c1. The van der Waals surface area contributed by atoms with Gasteiger partial charge < -0.3 is 9.84 Å². The first kappa shape index (κ1) is 23.1. The van der Waals surface area contributed by atoms with Crippen LogP contribution in [0.25, 0.3) is 11.1 Å². The van der Waals surface area contributed by atoms with Crippen molar-refractivity contribution in [2.75, 3.05) is 0 Å². The van der Waals surface area contributed by atoms with E-state index < -0.39 is 0 Å². The van der Waals surface area contributed by atoms with E-state index in [-0.39, 0.29) is 17.5 Å². The Labute approximate surface area is 185 Å². The van der Waals surface area contributed by atoms with Crippen LogP contribution in [0.1, 0.15) is 87.9 Å². The summed E-state index contributed by atoms with van der Waals surface area (Å²) in [5.41, 5.74) is 1.92. The van der Waals surface area contributed by atoms with Gasteiger partial charge in [-0.2, -0.15) is 0 Å². The second kappa shape index (κ2) is 11.7. The number of hydrogen-bond donors (Lipinski definition) is 1. The van der Waals surface area contributed by atoms with Crippen LogP contribution in [0, 0.1) is 5.92 Å². The monoisotopic (exact) mass is 422 g/mol. The number of phenols is 1. The number of ether oxygens (including phenoxy) is 1. The summed E-state index contributed by atoms with van der Waals surface area (Å²) in [6, 6.07) is 12.1. The predicted molar refractivity (Wildman–Crippen MR) is 123 cm³/mol. The summed E-state index contributed by atoms with van der Waals surface area (Å²) in [6.45, 7) is 2.06. The first-order valence-electron chi connectivity index (χ1n) is 11.7. The molecule has 2 aromatic rings. The number of phenolic OH excluding ortho intramolecular Hbond substituents is 1. The molecule has 0 unspecified atom stereocenters. The normalized spacial score (nSPS) is 14.4. The van der Waals surface area contributed by atoms with Crippen LogP contribution in [0.15, 0.2) is 42.5 Å². The number of carbonyl (C=O) groups excluding carboxylic acids is 2. The van der Waals surface area contributed by atoms with Crippen molar-refractivity contribution in [1.29, 1.82) is 0 Å². The molecular formula is C27H34O4. The number of carbonyl (C=O) groups is 2. The van der Waals surface area contributed by atoms with Gasteiger partial charge in [-0.05, 0) is 55.0 Å². The molecule has 0 spiro atoms. The fraction of sp³-hybridized carbons (Fsp3) is 0.481. The summed E-state index contributed by atoms with van der Waals surface area (Å²) in [4.78, 5) is 24.7. The fourth-order valence-electron chi connectivity index (χ4n) is 4.35. The molecule has 4 nitrogen and oxygen atoms in total. The van der Waals surface area contributed by atoms with Crippen LogP contribution in [-0.2, 0) is 4.79 Å². The summed E-state index contributed by atoms with van der Waals surface area (Å²) in [7, 11) is 0. The zero-order valence-corrected chi connectivity index (χ0v) is 18.6. The van der Waals surface area contributed by atoms with Crippen molar-refractivity contribution in [2.45, 2.75) is 77.6 Å². The first-order valence-corrected chi connectivity index (χ1v) is 11.7. The van der Waals surface area contributed by atoms with Gasteiger partial charge in [0.1, 0.15) is 11.5 Å². The molecule has 0 saturated heterocycles. The first-order chi connectivity index (χ1) is 15.1. The lowest BCUT2D eigenvalue weighted by molar-refractivity contribution is -0.134. The molecule has 1 aliphatic carbocycles. The van der Waals surface area contributed by atoms with E-state index in [4.69, 9.17) is 4.74 Å². The molecule has 0 heterocycles. The lowest BCUT2D eigenvalue weighted by Crippen LogP contribution is -2.10. The van der Waals surface area contributed by atoms with E-state index in [2.05, 4.69) is 6.92 Å². The Morgan fingerprint density at radius 3 is 2.58 bits per heavy atom. The Morgan fingerprint density at radius 1 is 1.00 bits per heavy atom. The third kappa shape index (κ3) is 6.95. The molecule has 0 bridgehead atoms. The van der Waals surface area contributed by atoms with Gasteiger partial charge in [0.2, 0.25) is 0 Å². The molecule has 0 atom stereocenters. The number of aromatic hydroxyl groups is 1. The Morgan fingerprint density at radius 2 is 1.81 bits per heavy atom. The molecule has 0 aliphatic heterocycles. The Bertz CT molecular complexity index is 881. The molecule has 0 amide bonds. The summed E-state index contributed by atoms with van der Waals surface area (Å²) in [6.07, 6.45) is 11.3. The van der Waals surface area contributed by atoms with E-state index in [9.17, 15) is 14.7 Å². The van der Waals surface area contributed by atoms with Crippen molar-refractivity contribution in [3.63, 3.8) is 0 Å². The van der Waals surface area contributed by atoms with Crippen LogP contribution in [0.3, 0.4) is 0 Å². The molecule has 1 N–H and O–H groups in total. The Kier molecular flexibility index (Phi) is 8.69. The lowest BCUT2D eigenvalue weighted by Gasteiger charge is -2.20. The molecule has 4 heteroatoms. The van der Waals surface area contributed by atoms with Crippen LogP contribution in [-0.4, -0.2) is 16.9 Å². The fourth-order valence-corrected chi connectivity index (χ4v) is 4.35. The number of benzene rings is 2. The average molecular weight is 423 g/mol. The van der Waals surface area contributed by atoms with Crippen LogP contribution < -0.4 is 4.74 Å².